The summed E-state index contributed by atoms with van der Waals surface area (Å²) < 4.78 is 0. The molecule has 2 aliphatic rings. The second kappa shape index (κ2) is 25.3. The first-order chi connectivity index (χ1) is 37.3. The fraction of sp³-hybridized carbons (Fsp3) is 0.406. The molecule has 0 atom stereocenters. The highest BCUT2D eigenvalue weighted by atomic mass is 32.1. The Hall–Kier alpha value is -6.25. The van der Waals surface area contributed by atoms with Gasteiger partial charge >= 0.3 is 0 Å². The van der Waals surface area contributed by atoms with Crippen LogP contribution in [-0.2, 0) is 38.5 Å². The van der Waals surface area contributed by atoms with Gasteiger partial charge in [0.15, 0.2) is 0 Å². The van der Waals surface area contributed by atoms with Crippen LogP contribution in [0.1, 0.15) is 213 Å². The van der Waals surface area contributed by atoms with Crippen LogP contribution >= 0.6 is 22.7 Å². The van der Waals surface area contributed by atoms with E-state index in [4.69, 9.17) is 15.0 Å². The first-order valence-corrected chi connectivity index (χ1v) is 30.8. The number of nitrogens with zero attached hydrogens (tertiary/aromatic N) is 3. The Kier molecular flexibility index (Phi) is 18.1. The van der Waals surface area contributed by atoms with Gasteiger partial charge in [0.1, 0.15) is 0 Å². The van der Waals surface area contributed by atoms with E-state index in [9.17, 15) is 0 Å². The highest BCUT2D eigenvalue weighted by Gasteiger charge is 2.27. The number of rotatable bonds is 20. The van der Waals surface area contributed by atoms with Crippen molar-refractivity contribution >= 4 is 77.9 Å². The first kappa shape index (κ1) is 54.5. The second-order valence-electron chi connectivity index (χ2n) is 20.5. The molecule has 0 saturated carbocycles. The molecule has 0 unspecified atom stereocenters. The Morgan fingerprint density at radius 2 is 0.987 bits per heavy atom. The van der Waals surface area contributed by atoms with Gasteiger partial charge in [0.05, 0.1) is 38.7 Å². The molecule has 8 heterocycles. The van der Waals surface area contributed by atoms with Crippen LogP contribution in [0.4, 0.5) is 0 Å². The molecule has 0 aliphatic carbocycles. The molecule has 2 N–H and O–H groups in total. The van der Waals surface area contributed by atoms with E-state index in [0.29, 0.717) is 0 Å². The number of benzene rings is 1. The minimum Gasteiger partial charge on any atom is -0.355 e. The van der Waals surface area contributed by atoms with E-state index in [-0.39, 0.29) is 0 Å². The lowest BCUT2D eigenvalue weighted by atomic mass is 9.94. The van der Waals surface area contributed by atoms with Crippen molar-refractivity contribution in [2.45, 2.75) is 185 Å². The van der Waals surface area contributed by atoms with Crippen LogP contribution < -0.4 is 0 Å². The molecule has 392 valence electrons. The van der Waals surface area contributed by atoms with Gasteiger partial charge in [-0.1, -0.05) is 126 Å². The lowest BCUT2D eigenvalue weighted by Gasteiger charge is -2.08. The largest absolute Gasteiger partial charge is 0.355 e. The van der Waals surface area contributed by atoms with Crippen LogP contribution in [0.15, 0.2) is 66.9 Å². The number of fused-ring (bicyclic) bond motifs is 9. The summed E-state index contributed by atoms with van der Waals surface area (Å²) in [7, 11) is 0. The molecule has 7 heteroatoms. The number of hydrogen-bond acceptors (Lipinski definition) is 5. The van der Waals surface area contributed by atoms with Gasteiger partial charge in [-0.25, -0.2) is 9.97 Å². The molecule has 76 heavy (non-hydrogen) atoms. The van der Waals surface area contributed by atoms with Gasteiger partial charge in [0.25, 0.3) is 0 Å². The predicted octanol–water partition coefficient (Wildman–Crippen LogP) is 19.7. The Labute approximate surface area is 462 Å². The molecule has 6 aromatic heterocycles. The second-order valence-corrected chi connectivity index (χ2v) is 22.6. The number of H-pyrrole nitrogens is 2. The molecule has 5 nitrogen and oxygen atoms in total. The zero-order valence-electron chi connectivity index (χ0n) is 47.2. The highest BCUT2D eigenvalue weighted by Crippen LogP contribution is 2.46. The summed E-state index contributed by atoms with van der Waals surface area (Å²) >= 11 is 3.81. The Morgan fingerprint density at radius 3 is 1.51 bits per heavy atom. The van der Waals surface area contributed by atoms with Crippen molar-refractivity contribution < 1.29 is 0 Å². The Bertz CT molecular complexity index is 3500. The van der Waals surface area contributed by atoms with Crippen molar-refractivity contribution in [3.8, 4) is 43.9 Å². The summed E-state index contributed by atoms with van der Waals surface area (Å²) in [6.07, 6.45) is 21.0. The van der Waals surface area contributed by atoms with Crippen molar-refractivity contribution in [3.05, 3.63) is 133 Å². The third-order valence-corrected chi connectivity index (χ3v) is 18.3. The van der Waals surface area contributed by atoms with Crippen molar-refractivity contribution in [2.24, 2.45) is 0 Å². The number of pyridine rings is 1. The minimum atomic E-state index is 0.842. The summed E-state index contributed by atoms with van der Waals surface area (Å²) in [4.78, 5) is 29.0. The standard InChI is InChI=1S/C69H79N5S2/c1-11-21-23-25-31-44-39-46(75-68(44)69-45(32-26-24-22-12-2)40-65(76-69)56-35-29-37-58-55(56)36-30-38-70-58)33-27-28-34-57-66-53(19-9)51(17-7)63(73-66)42-61-49(15-5)47(13-3)59(71-61)41-60-48(14-4)50(16-6)62(72-60)43-64-52(18-8)54(20-10)67(57)74-64/h29-30,35-43,71-72H,11-26,31-32H2,1-10H3. The molecule has 2 aliphatic heterocycles. The van der Waals surface area contributed by atoms with Gasteiger partial charge in [-0.2, -0.15) is 0 Å². The van der Waals surface area contributed by atoms with E-state index in [0.717, 1.165) is 114 Å². The van der Waals surface area contributed by atoms with Crippen molar-refractivity contribution in [1.82, 2.24) is 24.9 Å². The van der Waals surface area contributed by atoms with E-state index >= 15 is 0 Å². The van der Waals surface area contributed by atoms with E-state index in [2.05, 4.69) is 164 Å². The Morgan fingerprint density at radius 1 is 0.474 bits per heavy atom. The van der Waals surface area contributed by atoms with Gasteiger partial charge in [0.2, 0.25) is 0 Å². The van der Waals surface area contributed by atoms with E-state index in [1.165, 1.54) is 144 Å². The quantitative estimate of drug-likeness (QED) is 0.0590. The van der Waals surface area contributed by atoms with Gasteiger partial charge in [0, 0.05) is 53.8 Å². The molecule has 7 aromatic rings. The van der Waals surface area contributed by atoms with E-state index in [1.807, 2.05) is 28.9 Å². The van der Waals surface area contributed by atoms with Crippen LogP contribution in [0.3, 0.4) is 0 Å². The number of unbranched alkanes of at least 4 members (excludes halogenated alkanes) is 6. The minimum absolute atomic E-state index is 0.842. The van der Waals surface area contributed by atoms with Gasteiger partial charge in [-0.3, -0.25) is 4.98 Å². The predicted molar refractivity (Wildman–Crippen MR) is 331 cm³/mol. The van der Waals surface area contributed by atoms with Crippen LogP contribution in [0, 0.1) is 23.7 Å². The molecule has 9 rings (SSSR count). The molecule has 0 saturated heterocycles. The highest BCUT2D eigenvalue weighted by molar-refractivity contribution is 7.24. The number of aryl methyl sites for hydroxylation is 6. The van der Waals surface area contributed by atoms with Gasteiger partial charge < -0.3 is 9.97 Å². The molecule has 8 bridgehead atoms. The topological polar surface area (TPSA) is 70.2 Å². The van der Waals surface area contributed by atoms with Crippen molar-refractivity contribution in [3.63, 3.8) is 0 Å². The van der Waals surface area contributed by atoms with Crippen LogP contribution in [0.2, 0.25) is 0 Å². The lowest BCUT2D eigenvalue weighted by Crippen LogP contribution is -1.95. The van der Waals surface area contributed by atoms with E-state index < -0.39 is 0 Å². The summed E-state index contributed by atoms with van der Waals surface area (Å²) in [6, 6.07) is 22.7. The number of allylic oxidation sites excluding steroid dienone is 4. The molecule has 0 radical (unpaired) electrons. The molecule has 0 fully saturated rings. The maximum atomic E-state index is 5.64. The van der Waals surface area contributed by atoms with Crippen molar-refractivity contribution in [2.75, 3.05) is 0 Å². The third-order valence-electron chi connectivity index (χ3n) is 15.9. The maximum Gasteiger partial charge on any atom is 0.0851 e. The monoisotopic (exact) mass is 1040 g/mol. The van der Waals surface area contributed by atoms with Crippen LogP contribution in [0.25, 0.3) is 75.5 Å². The number of thiophene rings is 2. The fourth-order valence-electron chi connectivity index (χ4n) is 12.1. The molecule has 1 aromatic carbocycles. The average Bonchev–Trinajstić information content (AvgIpc) is 4.31. The number of nitrogens with one attached hydrogen (secondary N) is 2. The molecule has 0 amide bonds. The molecule has 0 spiro atoms. The maximum absolute atomic E-state index is 5.64. The average molecular weight is 1040 g/mol. The van der Waals surface area contributed by atoms with Crippen LogP contribution in [0.5, 0.6) is 0 Å². The fourth-order valence-corrected chi connectivity index (χ4v) is 14.6. The summed E-state index contributed by atoms with van der Waals surface area (Å²) in [5, 5.41) is 1.21. The number of aromatic amines is 2. The smallest absolute Gasteiger partial charge is 0.0851 e. The third kappa shape index (κ3) is 11.0. The number of hydrogen-bond donors (Lipinski definition) is 2. The first-order valence-electron chi connectivity index (χ1n) is 29.1. The molecular weight excluding hydrogens is 963 g/mol. The SMILES string of the molecule is CCCCCCc1cc(C#CC#Cc2c3nc(cc4[nH]c(cc5[nH]c(cc6nc2C(CC)=C6CC)c(CC)c5CC)c(CC)c4CC)C(CC)=C3CC)sc1-c1sc(-c2cccc3ncccc23)cc1CCCCCC. The van der Waals surface area contributed by atoms with Gasteiger partial charge in [-0.15, -0.1) is 22.7 Å². The summed E-state index contributed by atoms with van der Waals surface area (Å²) in [5.41, 5.74) is 25.2. The normalized spacial score (nSPS) is 12.4. The summed E-state index contributed by atoms with van der Waals surface area (Å²) in [5.74, 6) is 14.2. The molecular formula is C69H79N5S2. The lowest BCUT2D eigenvalue weighted by molar-refractivity contribution is 0.666. The van der Waals surface area contributed by atoms with E-state index in [1.54, 1.807) is 0 Å². The summed E-state index contributed by atoms with van der Waals surface area (Å²) in [6.45, 7) is 22.8. The zero-order valence-corrected chi connectivity index (χ0v) is 48.9. The van der Waals surface area contributed by atoms with Gasteiger partial charge in [-0.05, 0) is 199 Å². The Balaban J connectivity index is 1.25. The number of aromatic nitrogens is 5. The van der Waals surface area contributed by atoms with Crippen molar-refractivity contribution in [1.29, 1.82) is 0 Å². The van der Waals surface area contributed by atoms with Crippen LogP contribution in [-0.4, -0.2) is 24.9 Å². The zero-order chi connectivity index (χ0) is 53.3.